The van der Waals surface area contributed by atoms with Crippen LogP contribution in [0.1, 0.15) is 22.8 Å². The van der Waals surface area contributed by atoms with Gasteiger partial charge < -0.3 is 9.47 Å². The predicted octanol–water partition coefficient (Wildman–Crippen LogP) is 2.41. The average molecular weight is 263 g/mol. The summed E-state index contributed by atoms with van der Waals surface area (Å²) < 4.78 is 45.4. The molecule has 0 spiro atoms. The Labute approximate surface area is 99.5 Å². The lowest BCUT2D eigenvalue weighted by atomic mass is 10.2. The number of halogens is 3. The number of ether oxygens (including phenoxy) is 2. The molecule has 98 valence electrons. The van der Waals surface area contributed by atoms with Crippen LogP contribution in [-0.2, 0) is 15.7 Å². The summed E-state index contributed by atoms with van der Waals surface area (Å²) in [6, 6.07) is 0.536. The number of rotatable bonds is 2. The number of aromatic nitrogens is 1. The standard InChI is InChI=1S/C10H8F3NO4/c1-2-17-9(16)18-8(15)6-3-7(5-14-4-6)10(11,12)13/h3-5H,2H2,1H3. The van der Waals surface area contributed by atoms with Gasteiger partial charge >= 0.3 is 18.3 Å². The van der Waals surface area contributed by atoms with Gasteiger partial charge in [-0.05, 0) is 13.0 Å². The van der Waals surface area contributed by atoms with Crippen LogP contribution in [0.5, 0.6) is 0 Å². The normalized spacial score (nSPS) is 10.9. The van der Waals surface area contributed by atoms with E-state index in [4.69, 9.17) is 0 Å². The zero-order valence-corrected chi connectivity index (χ0v) is 9.15. The number of alkyl halides is 3. The van der Waals surface area contributed by atoms with E-state index in [0.29, 0.717) is 12.3 Å². The zero-order chi connectivity index (χ0) is 13.8. The highest BCUT2D eigenvalue weighted by molar-refractivity contribution is 5.95. The fourth-order valence-electron chi connectivity index (χ4n) is 0.989. The molecule has 1 aromatic rings. The SMILES string of the molecule is CCOC(=O)OC(=O)c1cncc(C(F)(F)F)c1. The highest BCUT2D eigenvalue weighted by atomic mass is 19.4. The van der Waals surface area contributed by atoms with Crippen LogP contribution in [0.25, 0.3) is 0 Å². The van der Waals surface area contributed by atoms with Crippen molar-refractivity contribution in [2.75, 3.05) is 6.61 Å². The van der Waals surface area contributed by atoms with Gasteiger partial charge in [-0.2, -0.15) is 13.2 Å². The van der Waals surface area contributed by atoms with Crippen LogP contribution in [0.4, 0.5) is 18.0 Å². The molecule has 5 nitrogen and oxygen atoms in total. The van der Waals surface area contributed by atoms with Gasteiger partial charge in [0.1, 0.15) is 0 Å². The number of pyridine rings is 1. The van der Waals surface area contributed by atoms with Crippen molar-refractivity contribution >= 4 is 12.1 Å². The lowest BCUT2D eigenvalue weighted by Gasteiger charge is -2.07. The molecule has 0 aliphatic carbocycles. The number of esters is 1. The van der Waals surface area contributed by atoms with E-state index in [1.165, 1.54) is 6.92 Å². The summed E-state index contributed by atoms with van der Waals surface area (Å²) in [5.41, 5.74) is -1.60. The van der Waals surface area contributed by atoms with E-state index >= 15 is 0 Å². The zero-order valence-electron chi connectivity index (χ0n) is 9.15. The molecular formula is C10H8F3NO4. The van der Waals surface area contributed by atoms with Crippen LogP contribution in [-0.4, -0.2) is 23.7 Å². The molecule has 0 saturated carbocycles. The van der Waals surface area contributed by atoms with E-state index in [2.05, 4.69) is 14.5 Å². The third-order valence-electron chi connectivity index (χ3n) is 1.74. The summed E-state index contributed by atoms with van der Waals surface area (Å²) in [6.07, 6.45) is -4.49. The lowest BCUT2D eigenvalue weighted by molar-refractivity contribution is -0.137. The minimum absolute atomic E-state index is 0.0209. The van der Waals surface area contributed by atoms with Crippen LogP contribution >= 0.6 is 0 Å². The molecule has 0 unspecified atom stereocenters. The first-order valence-corrected chi connectivity index (χ1v) is 4.75. The number of carbonyl (C=O) groups is 2. The molecule has 0 bridgehead atoms. The van der Waals surface area contributed by atoms with Crippen molar-refractivity contribution < 1.29 is 32.2 Å². The second-order valence-corrected chi connectivity index (χ2v) is 3.03. The molecule has 0 atom stereocenters. The largest absolute Gasteiger partial charge is 0.516 e. The molecule has 1 heterocycles. The first kappa shape index (κ1) is 13.9. The van der Waals surface area contributed by atoms with E-state index in [-0.39, 0.29) is 6.61 Å². The van der Waals surface area contributed by atoms with Gasteiger partial charge in [0.15, 0.2) is 0 Å². The van der Waals surface area contributed by atoms with E-state index in [1.807, 2.05) is 0 Å². The Hall–Kier alpha value is -2.12. The molecular weight excluding hydrogens is 255 g/mol. The number of carbonyl (C=O) groups excluding carboxylic acids is 2. The Balaban J connectivity index is 2.84. The van der Waals surface area contributed by atoms with Crippen molar-refractivity contribution in [2.45, 2.75) is 13.1 Å². The van der Waals surface area contributed by atoms with Crippen molar-refractivity contribution in [3.8, 4) is 0 Å². The van der Waals surface area contributed by atoms with Crippen LogP contribution in [0.3, 0.4) is 0 Å². The van der Waals surface area contributed by atoms with Gasteiger partial charge in [0, 0.05) is 12.4 Å². The van der Waals surface area contributed by atoms with E-state index in [0.717, 1.165) is 6.20 Å². The van der Waals surface area contributed by atoms with E-state index < -0.39 is 29.4 Å². The molecule has 1 aromatic heterocycles. The van der Waals surface area contributed by atoms with Gasteiger partial charge in [-0.25, -0.2) is 9.59 Å². The van der Waals surface area contributed by atoms with Crippen LogP contribution in [0, 0.1) is 0 Å². The third-order valence-corrected chi connectivity index (χ3v) is 1.74. The van der Waals surface area contributed by atoms with Gasteiger partial charge in [-0.15, -0.1) is 0 Å². The van der Waals surface area contributed by atoms with Crippen LogP contribution in [0.2, 0.25) is 0 Å². The minimum atomic E-state index is -4.63. The van der Waals surface area contributed by atoms with Gasteiger partial charge in [0.05, 0.1) is 17.7 Å². The maximum atomic E-state index is 12.3. The number of nitrogens with zero attached hydrogens (tertiary/aromatic N) is 1. The highest BCUT2D eigenvalue weighted by Crippen LogP contribution is 2.28. The molecule has 0 aliphatic heterocycles. The molecule has 0 fully saturated rings. The Bertz CT molecular complexity index is 459. The van der Waals surface area contributed by atoms with E-state index in [9.17, 15) is 22.8 Å². The van der Waals surface area contributed by atoms with Crippen molar-refractivity contribution in [2.24, 2.45) is 0 Å². The Morgan fingerprint density at radius 2 is 2.00 bits per heavy atom. The highest BCUT2D eigenvalue weighted by Gasteiger charge is 2.32. The lowest BCUT2D eigenvalue weighted by Crippen LogP contribution is -2.15. The van der Waals surface area contributed by atoms with Crippen LogP contribution < -0.4 is 0 Å². The monoisotopic (exact) mass is 263 g/mol. The molecule has 0 aromatic carbocycles. The van der Waals surface area contributed by atoms with Gasteiger partial charge in [-0.1, -0.05) is 0 Å². The van der Waals surface area contributed by atoms with Crippen molar-refractivity contribution in [3.63, 3.8) is 0 Å². The smallest absolute Gasteiger partial charge is 0.434 e. The first-order valence-electron chi connectivity index (χ1n) is 4.75. The third kappa shape index (κ3) is 3.72. The second kappa shape index (κ2) is 5.48. The van der Waals surface area contributed by atoms with Crippen LogP contribution in [0.15, 0.2) is 18.5 Å². The van der Waals surface area contributed by atoms with Crippen molar-refractivity contribution in [1.29, 1.82) is 0 Å². The van der Waals surface area contributed by atoms with Crippen molar-refractivity contribution in [1.82, 2.24) is 4.98 Å². The fourth-order valence-corrected chi connectivity index (χ4v) is 0.989. The summed E-state index contributed by atoms with van der Waals surface area (Å²) in [5, 5.41) is 0. The molecule has 18 heavy (non-hydrogen) atoms. The predicted molar refractivity (Wildman–Crippen MR) is 51.7 cm³/mol. The summed E-state index contributed by atoms with van der Waals surface area (Å²) in [5.74, 6) is -1.26. The number of hydrogen-bond acceptors (Lipinski definition) is 5. The van der Waals surface area contributed by atoms with Crippen molar-refractivity contribution in [3.05, 3.63) is 29.6 Å². The topological polar surface area (TPSA) is 65.5 Å². The maximum absolute atomic E-state index is 12.3. The first-order chi connectivity index (χ1) is 8.34. The Morgan fingerprint density at radius 3 is 2.56 bits per heavy atom. The quantitative estimate of drug-likeness (QED) is 0.605. The van der Waals surface area contributed by atoms with Gasteiger partial charge in [0.25, 0.3) is 0 Å². The summed E-state index contributed by atoms with van der Waals surface area (Å²) in [6.45, 7) is 1.46. The fraction of sp³-hybridized carbons (Fsp3) is 0.300. The Morgan fingerprint density at radius 1 is 1.33 bits per heavy atom. The van der Waals surface area contributed by atoms with Gasteiger partial charge in [-0.3, -0.25) is 4.98 Å². The minimum Gasteiger partial charge on any atom is -0.434 e. The molecule has 1 rings (SSSR count). The molecule has 0 saturated heterocycles. The number of hydrogen-bond donors (Lipinski definition) is 0. The second-order valence-electron chi connectivity index (χ2n) is 3.03. The average Bonchev–Trinajstić information content (AvgIpc) is 2.28. The summed E-state index contributed by atoms with van der Waals surface area (Å²) in [4.78, 5) is 25.3. The van der Waals surface area contributed by atoms with E-state index in [1.54, 1.807) is 0 Å². The molecule has 0 aliphatic rings. The summed E-state index contributed by atoms with van der Waals surface area (Å²) in [7, 11) is 0. The Kier molecular flexibility index (Phi) is 4.24. The maximum Gasteiger partial charge on any atom is 0.516 e. The molecule has 0 radical (unpaired) electrons. The van der Waals surface area contributed by atoms with Gasteiger partial charge in [0.2, 0.25) is 0 Å². The molecule has 0 N–H and O–H groups in total. The molecule has 0 amide bonds. The summed E-state index contributed by atoms with van der Waals surface area (Å²) >= 11 is 0. The molecule has 8 heteroatoms.